The van der Waals surface area contributed by atoms with E-state index in [0.717, 1.165) is 32.1 Å². The molecule has 2 aliphatic rings. The summed E-state index contributed by atoms with van der Waals surface area (Å²) >= 11 is 0. The van der Waals surface area contributed by atoms with Crippen molar-refractivity contribution in [3.63, 3.8) is 0 Å². The summed E-state index contributed by atoms with van der Waals surface area (Å²) in [5, 5.41) is 9.66. The number of rotatable bonds is 6. The van der Waals surface area contributed by atoms with Gasteiger partial charge in [-0.15, -0.1) is 0 Å². The Kier molecular flexibility index (Phi) is 6.65. The van der Waals surface area contributed by atoms with Crippen LogP contribution in [0.15, 0.2) is 0 Å². The molecule has 3 atom stereocenters. The number of carboxylic acids is 1. The van der Waals surface area contributed by atoms with Crippen LogP contribution < -0.4 is 5.73 Å². The maximum atomic E-state index is 13.2. The van der Waals surface area contributed by atoms with Gasteiger partial charge in [0, 0.05) is 5.92 Å². The van der Waals surface area contributed by atoms with Crippen LogP contribution in [0.4, 0.5) is 0 Å². The summed E-state index contributed by atoms with van der Waals surface area (Å²) in [6, 6.07) is -1.93. The minimum Gasteiger partial charge on any atom is -0.480 e. The van der Waals surface area contributed by atoms with Crippen LogP contribution in [-0.2, 0) is 23.9 Å². The van der Waals surface area contributed by atoms with Crippen molar-refractivity contribution in [1.82, 2.24) is 4.90 Å². The molecule has 1 heterocycles. The van der Waals surface area contributed by atoms with E-state index in [4.69, 9.17) is 15.2 Å². The number of ketones is 1. The number of aliphatic carboxylic acids is 1. The number of esters is 1. The average Bonchev–Trinajstić information content (AvgIpc) is 2.93. The van der Waals surface area contributed by atoms with E-state index in [1.807, 2.05) is 0 Å². The van der Waals surface area contributed by atoms with Gasteiger partial charge < -0.3 is 20.3 Å². The highest BCUT2D eigenvalue weighted by Crippen LogP contribution is 2.43. The lowest BCUT2D eigenvalue weighted by atomic mass is 9.77. The van der Waals surface area contributed by atoms with Crippen molar-refractivity contribution in [2.24, 2.45) is 11.7 Å². The summed E-state index contributed by atoms with van der Waals surface area (Å²) < 4.78 is 11.3. The van der Waals surface area contributed by atoms with Crippen LogP contribution in [-0.4, -0.2) is 64.3 Å². The van der Waals surface area contributed by atoms with Crippen LogP contribution in [0.2, 0.25) is 0 Å². The van der Waals surface area contributed by atoms with Gasteiger partial charge in [0.05, 0.1) is 12.6 Å². The Morgan fingerprint density at radius 1 is 1.26 bits per heavy atom. The standard InChI is InChI=1S/C19H32N2O6/c1-12(20)16(23)19(13-8-6-5-7-9-13)21(14(11-26-19)17(24)25)10-15(22)27-18(2,3)4/h12-14H,5-11,20H2,1-4H3,(H,24,25)/t12-,14?,19?/m0/s1. The number of carbonyl (C=O) groups is 3. The van der Waals surface area contributed by atoms with Crippen molar-refractivity contribution in [2.45, 2.75) is 83.2 Å². The first-order chi connectivity index (χ1) is 12.5. The summed E-state index contributed by atoms with van der Waals surface area (Å²) in [5.74, 6) is -2.29. The molecule has 1 saturated heterocycles. The van der Waals surface area contributed by atoms with Gasteiger partial charge in [0.1, 0.15) is 18.2 Å². The Morgan fingerprint density at radius 3 is 2.33 bits per heavy atom. The van der Waals surface area contributed by atoms with E-state index in [1.165, 1.54) is 4.90 Å². The molecule has 1 saturated carbocycles. The number of hydrogen-bond donors (Lipinski definition) is 2. The number of nitrogens with two attached hydrogens (primary N) is 1. The number of carbonyl (C=O) groups excluding carboxylic acids is 2. The fraction of sp³-hybridized carbons (Fsp3) is 0.842. The minimum atomic E-state index is -1.49. The smallest absolute Gasteiger partial charge is 0.323 e. The molecule has 2 unspecified atom stereocenters. The quantitative estimate of drug-likeness (QED) is 0.658. The maximum absolute atomic E-state index is 13.2. The molecule has 1 aliphatic carbocycles. The van der Waals surface area contributed by atoms with Gasteiger partial charge in [-0.05, 0) is 40.5 Å². The van der Waals surface area contributed by atoms with E-state index < -0.39 is 35.3 Å². The zero-order chi connectivity index (χ0) is 20.4. The number of nitrogens with zero attached hydrogens (tertiary/aromatic N) is 1. The highest BCUT2D eigenvalue weighted by atomic mass is 16.6. The molecule has 0 radical (unpaired) electrons. The highest BCUT2D eigenvalue weighted by Gasteiger charge is 2.60. The fourth-order valence-corrected chi connectivity index (χ4v) is 4.14. The third kappa shape index (κ3) is 4.67. The van der Waals surface area contributed by atoms with E-state index in [2.05, 4.69) is 0 Å². The summed E-state index contributed by atoms with van der Waals surface area (Å²) in [5.41, 5.74) is 3.70. The number of ether oxygens (including phenoxy) is 2. The molecule has 0 spiro atoms. The Bertz CT molecular complexity index is 579. The van der Waals surface area contributed by atoms with Crippen molar-refractivity contribution < 1.29 is 29.0 Å². The summed E-state index contributed by atoms with van der Waals surface area (Å²) in [6.07, 6.45) is 4.39. The first kappa shape index (κ1) is 21.8. The van der Waals surface area contributed by atoms with Crippen LogP contribution in [0.25, 0.3) is 0 Å². The zero-order valence-electron chi connectivity index (χ0n) is 16.7. The SMILES string of the molecule is C[C@H](N)C(=O)C1(C2CCCCC2)OCC(C(=O)O)N1CC(=O)OC(C)(C)C. The second-order valence-corrected chi connectivity index (χ2v) is 8.56. The second-order valence-electron chi connectivity index (χ2n) is 8.56. The van der Waals surface area contributed by atoms with Crippen molar-refractivity contribution in [3.05, 3.63) is 0 Å². The molecule has 0 amide bonds. The van der Waals surface area contributed by atoms with Crippen molar-refractivity contribution in [1.29, 1.82) is 0 Å². The predicted molar refractivity (Wildman–Crippen MR) is 97.9 cm³/mol. The topological polar surface area (TPSA) is 119 Å². The number of carboxylic acid groups (broad SMARTS) is 1. The lowest BCUT2D eigenvalue weighted by Crippen LogP contribution is -2.64. The van der Waals surface area contributed by atoms with E-state index >= 15 is 0 Å². The molecule has 2 fully saturated rings. The van der Waals surface area contributed by atoms with Crippen molar-refractivity contribution in [2.75, 3.05) is 13.2 Å². The van der Waals surface area contributed by atoms with Gasteiger partial charge in [-0.2, -0.15) is 0 Å². The Balaban J connectivity index is 2.42. The molecule has 154 valence electrons. The van der Waals surface area contributed by atoms with E-state index in [0.29, 0.717) is 0 Å². The van der Waals surface area contributed by atoms with Crippen molar-refractivity contribution >= 4 is 17.7 Å². The molecule has 0 bridgehead atoms. The second kappa shape index (κ2) is 8.24. The number of Topliss-reactive ketones (excluding diaryl/α,β-unsaturated/α-hetero) is 1. The highest BCUT2D eigenvalue weighted by molar-refractivity contribution is 5.93. The van der Waals surface area contributed by atoms with Crippen LogP contribution in [0, 0.1) is 5.92 Å². The molecule has 8 nitrogen and oxygen atoms in total. The monoisotopic (exact) mass is 384 g/mol. The van der Waals surface area contributed by atoms with Crippen molar-refractivity contribution in [3.8, 4) is 0 Å². The van der Waals surface area contributed by atoms with Gasteiger partial charge in [-0.1, -0.05) is 19.3 Å². The van der Waals surface area contributed by atoms with E-state index in [-0.39, 0.29) is 24.9 Å². The third-order valence-corrected chi connectivity index (χ3v) is 5.19. The van der Waals surface area contributed by atoms with E-state index in [1.54, 1.807) is 27.7 Å². The molecule has 0 aromatic heterocycles. The van der Waals surface area contributed by atoms with Gasteiger partial charge in [0.15, 0.2) is 11.5 Å². The van der Waals surface area contributed by atoms with E-state index in [9.17, 15) is 19.5 Å². The molecule has 1 aliphatic heterocycles. The molecule has 27 heavy (non-hydrogen) atoms. The molecule has 0 aromatic carbocycles. The molecular weight excluding hydrogens is 352 g/mol. The Morgan fingerprint density at radius 2 is 1.85 bits per heavy atom. The van der Waals surface area contributed by atoms with Crippen LogP contribution in [0.1, 0.15) is 59.8 Å². The van der Waals surface area contributed by atoms with Gasteiger partial charge >= 0.3 is 11.9 Å². The molecule has 0 aromatic rings. The normalized spacial score (nSPS) is 28.7. The predicted octanol–water partition coefficient (Wildman–Crippen LogP) is 1.31. The number of hydrogen-bond acceptors (Lipinski definition) is 7. The average molecular weight is 384 g/mol. The third-order valence-electron chi connectivity index (χ3n) is 5.19. The zero-order valence-corrected chi connectivity index (χ0v) is 16.7. The van der Waals surface area contributed by atoms with Gasteiger partial charge in [0.2, 0.25) is 0 Å². The maximum Gasteiger partial charge on any atom is 0.323 e. The lowest BCUT2D eigenvalue weighted by molar-refractivity contribution is -0.181. The van der Waals surface area contributed by atoms with Crippen LogP contribution >= 0.6 is 0 Å². The first-order valence-corrected chi connectivity index (χ1v) is 9.64. The minimum absolute atomic E-state index is 0.160. The van der Waals surface area contributed by atoms with Gasteiger partial charge in [-0.25, -0.2) is 4.90 Å². The van der Waals surface area contributed by atoms with Crippen LogP contribution in [0.5, 0.6) is 0 Å². The fourth-order valence-electron chi connectivity index (χ4n) is 4.14. The lowest BCUT2D eigenvalue weighted by Gasteiger charge is -2.44. The molecule has 2 rings (SSSR count). The first-order valence-electron chi connectivity index (χ1n) is 9.64. The van der Waals surface area contributed by atoms with Gasteiger partial charge in [-0.3, -0.25) is 14.4 Å². The molecular formula is C19H32N2O6. The Hall–Kier alpha value is -1.51. The molecule has 3 N–H and O–H groups in total. The largest absolute Gasteiger partial charge is 0.480 e. The summed E-state index contributed by atoms with van der Waals surface area (Å²) in [7, 11) is 0. The summed E-state index contributed by atoms with van der Waals surface area (Å²) in [4.78, 5) is 38.9. The molecule has 8 heteroatoms. The van der Waals surface area contributed by atoms with Gasteiger partial charge in [0.25, 0.3) is 0 Å². The Labute approximate surface area is 160 Å². The summed E-state index contributed by atoms with van der Waals surface area (Å²) in [6.45, 7) is 6.29. The van der Waals surface area contributed by atoms with Crippen LogP contribution in [0.3, 0.4) is 0 Å².